The molecule has 1 heterocycles. The number of benzene rings is 3. The molecule has 3 aromatic rings. The topological polar surface area (TPSA) is 117 Å². The fraction of sp³-hybridized carbons (Fsp3) is 0.276. The summed E-state index contributed by atoms with van der Waals surface area (Å²) in [5.74, 6) is -0.323. The van der Waals surface area contributed by atoms with E-state index in [1.54, 1.807) is 41.3 Å². The molecule has 38 heavy (non-hydrogen) atoms. The van der Waals surface area contributed by atoms with Gasteiger partial charge in [0.1, 0.15) is 12.4 Å². The summed E-state index contributed by atoms with van der Waals surface area (Å²) in [6.45, 7) is 6.32. The molecule has 0 aromatic heterocycles. The Morgan fingerprint density at radius 2 is 1.71 bits per heavy atom. The van der Waals surface area contributed by atoms with Crippen molar-refractivity contribution in [1.29, 1.82) is 0 Å². The maximum atomic E-state index is 12.7. The summed E-state index contributed by atoms with van der Waals surface area (Å²) in [6, 6.07) is 21.3. The average Bonchev–Trinajstić information content (AvgIpc) is 3.26. The molecule has 3 N–H and O–H groups in total. The van der Waals surface area contributed by atoms with Gasteiger partial charge >= 0.3 is 18.1 Å². The lowest BCUT2D eigenvalue weighted by atomic mass is 9.92. The number of aryl methyl sites for hydroxylation is 1. The van der Waals surface area contributed by atoms with Crippen molar-refractivity contribution < 1.29 is 29.0 Å². The minimum absolute atomic E-state index is 0.0534. The molecule has 0 aliphatic carbocycles. The molecule has 0 saturated carbocycles. The van der Waals surface area contributed by atoms with Gasteiger partial charge in [0.05, 0.1) is 18.5 Å². The summed E-state index contributed by atoms with van der Waals surface area (Å²) in [6.07, 6.45) is -0.936. The van der Waals surface area contributed by atoms with Gasteiger partial charge in [0.2, 0.25) is 0 Å². The van der Waals surface area contributed by atoms with Crippen molar-refractivity contribution in [2.75, 3.05) is 23.8 Å². The number of anilines is 2. The number of aliphatic carboxylic acids is 1. The maximum absolute atomic E-state index is 12.7. The maximum Gasteiger partial charge on any atom is 0.411 e. The Morgan fingerprint density at radius 1 is 1.03 bits per heavy atom. The number of carbonyl (C=O) groups is 3. The monoisotopic (exact) mass is 517 g/mol. The third-order valence-electron chi connectivity index (χ3n) is 6.51. The number of urea groups is 1. The fourth-order valence-electron chi connectivity index (χ4n) is 4.25. The van der Waals surface area contributed by atoms with Gasteiger partial charge in [0, 0.05) is 11.4 Å². The quantitative estimate of drug-likeness (QED) is 0.350. The van der Waals surface area contributed by atoms with Gasteiger partial charge in [-0.15, -0.1) is 0 Å². The van der Waals surface area contributed by atoms with E-state index in [0.717, 1.165) is 16.8 Å². The second-order valence-electron chi connectivity index (χ2n) is 9.67. The molecule has 1 unspecified atom stereocenters. The van der Waals surface area contributed by atoms with Gasteiger partial charge in [-0.2, -0.15) is 0 Å². The molecule has 1 atom stereocenters. The van der Waals surface area contributed by atoms with E-state index in [2.05, 4.69) is 10.6 Å². The van der Waals surface area contributed by atoms with Gasteiger partial charge in [-0.1, -0.05) is 42.5 Å². The zero-order valence-corrected chi connectivity index (χ0v) is 21.6. The lowest BCUT2D eigenvalue weighted by molar-refractivity contribution is -0.136. The summed E-state index contributed by atoms with van der Waals surface area (Å²) in [5.41, 5.74) is 3.23. The molecule has 1 aliphatic heterocycles. The van der Waals surface area contributed by atoms with E-state index in [0.29, 0.717) is 23.5 Å². The van der Waals surface area contributed by atoms with Crippen LogP contribution in [0.2, 0.25) is 0 Å². The lowest BCUT2D eigenvalue weighted by Gasteiger charge is -2.34. The number of carboxylic acids is 1. The Balaban J connectivity index is 1.32. The second kappa shape index (κ2) is 11.2. The number of rotatable bonds is 9. The number of carboxylic acid groups (broad SMARTS) is 1. The van der Waals surface area contributed by atoms with E-state index >= 15 is 0 Å². The molecule has 0 spiro atoms. The smallest absolute Gasteiger partial charge is 0.411 e. The first-order valence-corrected chi connectivity index (χ1v) is 12.3. The molecule has 198 valence electrons. The zero-order valence-electron chi connectivity index (χ0n) is 21.6. The van der Waals surface area contributed by atoms with E-state index in [1.165, 1.54) is 0 Å². The molecule has 4 rings (SSSR count). The molecule has 0 radical (unpaired) electrons. The lowest BCUT2D eigenvalue weighted by Crippen LogP contribution is -2.42. The Kier molecular flexibility index (Phi) is 7.85. The van der Waals surface area contributed by atoms with E-state index in [1.807, 2.05) is 57.2 Å². The van der Waals surface area contributed by atoms with Gasteiger partial charge < -0.3 is 25.2 Å². The molecule has 1 saturated heterocycles. The number of nitrogens with one attached hydrogen (secondary N) is 2. The molecular weight excluding hydrogens is 486 g/mol. The number of amides is 3. The number of nitrogens with zero attached hydrogens (tertiary/aromatic N) is 1. The van der Waals surface area contributed by atoms with Crippen LogP contribution in [0.1, 0.15) is 30.5 Å². The first kappa shape index (κ1) is 26.5. The summed E-state index contributed by atoms with van der Waals surface area (Å²) in [5, 5.41) is 14.5. The number of hydrogen-bond donors (Lipinski definition) is 3. The number of para-hydroxylation sites is 1. The van der Waals surface area contributed by atoms with Crippen molar-refractivity contribution in [3.05, 3.63) is 89.5 Å². The molecule has 9 nitrogen and oxygen atoms in total. The van der Waals surface area contributed by atoms with Crippen molar-refractivity contribution in [2.24, 2.45) is 0 Å². The van der Waals surface area contributed by atoms with E-state index in [4.69, 9.17) is 14.6 Å². The van der Waals surface area contributed by atoms with Crippen molar-refractivity contribution in [3.63, 3.8) is 0 Å². The highest BCUT2D eigenvalue weighted by Gasteiger charge is 2.41. The number of hydrogen-bond acceptors (Lipinski definition) is 5. The van der Waals surface area contributed by atoms with Crippen molar-refractivity contribution >= 4 is 29.5 Å². The van der Waals surface area contributed by atoms with E-state index in [-0.39, 0.29) is 19.1 Å². The first-order chi connectivity index (χ1) is 18.1. The van der Waals surface area contributed by atoms with Crippen LogP contribution in [0.15, 0.2) is 72.8 Å². The average molecular weight is 518 g/mol. The molecule has 0 bridgehead atoms. The highest BCUT2D eigenvalue weighted by molar-refractivity contribution is 6.00. The molecule has 1 fully saturated rings. The molecule has 3 aromatic carbocycles. The summed E-state index contributed by atoms with van der Waals surface area (Å²) in [4.78, 5) is 37.6. The van der Waals surface area contributed by atoms with Crippen LogP contribution in [0.5, 0.6) is 5.75 Å². The Hall–Kier alpha value is -4.53. The summed E-state index contributed by atoms with van der Waals surface area (Å²) < 4.78 is 11.3. The van der Waals surface area contributed by atoms with Gasteiger partial charge in [-0.25, -0.2) is 9.59 Å². The van der Waals surface area contributed by atoms with Crippen molar-refractivity contribution in [3.8, 4) is 5.75 Å². The van der Waals surface area contributed by atoms with Crippen LogP contribution in [0.4, 0.5) is 21.0 Å². The van der Waals surface area contributed by atoms with Crippen molar-refractivity contribution in [2.45, 2.75) is 38.8 Å². The largest absolute Gasteiger partial charge is 0.490 e. The van der Waals surface area contributed by atoms with Crippen molar-refractivity contribution in [1.82, 2.24) is 4.90 Å². The highest BCUT2D eigenvalue weighted by atomic mass is 16.6. The van der Waals surface area contributed by atoms with Gasteiger partial charge in [-0.3, -0.25) is 9.69 Å². The first-order valence-electron chi connectivity index (χ1n) is 12.3. The number of cyclic esters (lactones) is 1. The van der Waals surface area contributed by atoms with Crippen LogP contribution >= 0.6 is 0 Å². The normalized spacial score (nSPS) is 15.1. The predicted octanol–water partition coefficient (Wildman–Crippen LogP) is 5.40. The minimum Gasteiger partial charge on any atom is -0.490 e. The highest BCUT2D eigenvalue weighted by Crippen LogP contribution is 2.33. The van der Waals surface area contributed by atoms with Crippen LogP contribution in [0.25, 0.3) is 0 Å². The summed E-state index contributed by atoms with van der Waals surface area (Å²) in [7, 11) is 0. The van der Waals surface area contributed by atoms with E-state index < -0.39 is 23.7 Å². The molecule has 1 aliphatic rings. The molecule has 9 heteroatoms. The van der Waals surface area contributed by atoms with Crippen LogP contribution in [0, 0.1) is 6.92 Å². The van der Waals surface area contributed by atoms with Gasteiger partial charge in [-0.05, 0) is 67.8 Å². The third-order valence-corrected chi connectivity index (χ3v) is 6.51. The van der Waals surface area contributed by atoms with Crippen LogP contribution < -0.4 is 15.4 Å². The molecular formula is C29H31N3O6. The second-order valence-corrected chi connectivity index (χ2v) is 9.67. The van der Waals surface area contributed by atoms with Crippen LogP contribution in [-0.2, 0) is 21.5 Å². The van der Waals surface area contributed by atoms with Crippen LogP contribution in [0.3, 0.4) is 0 Å². The predicted molar refractivity (Wildman–Crippen MR) is 144 cm³/mol. The molecule has 3 amide bonds. The van der Waals surface area contributed by atoms with E-state index in [9.17, 15) is 14.4 Å². The number of carbonyl (C=O) groups excluding carboxylic acids is 2. The Bertz CT molecular complexity index is 1300. The Labute approximate surface area is 221 Å². The fourth-order valence-corrected chi connectivity index (χ4v) is 4.25. The minimum atomic E-state index is -0.895. The van der Waals surface area contributed by atoms with Gasteiger partial charge in [0.25, 0.3) is 0 Å². The third kappa shape index (κ3) is 6.42. The van der Waals surface area contributed by atoms with Crippen LogP contribution in [-0.4, -0.2) is 47.4 Å². The summed E-state index contributed by atoms with van der Waals surface area (Å²) >= 11 is 0. The Morgan fingerprint density at radius 3 is 2.37 bits per heavy atom. The zero-order chi connectivity index (χ0) is 27.3. The standard InChI is InChI=1S/C29H31N3O6/c1-19-6-4-5-7-25(19)31-27(35)30-22-12-10-21(11-13-22)29(2,3)32-17-24(38-28(32)36)18-37-23-14-8-20(9-15-23)16-26(33)34/h4-15,24H,16-18H2,1-3H3,(H,33,34)(H2,30,31,35). The van der Waals surface area contributed by atoms with Gasteiger partial charge in [0.15, 0.2) is 6.10 Å². The SMILES string of the molecule is Cc1ccccc1NC(=O)Nc1ccc(C(C)(C)N2CC(COc3ccc(CC(=O)O)cc3)OC2=O)cc1. The number of ether oxygens (including phenoxy) is 2.